The molecule has 0 fully saturated rings. The fourth-order valence-corrected chi connectivity index (χ4v) is 2.03. The number of hydrogen-bond donors (Lipinski definition) is 1. The monoisotopic (exact) mass is 253 g/mol. The van der Waals surface area contributed by atoms with E-state index < -0.39 is 6.61 Å². The minimum absolute atomic E-state index is 0.203. The Kier molecular flexibility index (Phi) is 3.55. The Labute approximate surface area is 105 Å². The van der Waals surface area contributed by atoms with Crippen molar-refractivity contribution in [1.29, 1.82) is 0 Å². The topological polar surface area (TPSA) is 25.0 Å². The Morgan fingerprint density at radius 2 is 1.89 bits per heavy atom. The van der Waals surface area contributed by atoms with Crippen LogP contribution in [0.4, 0.5) is 8.78 Å². The summed E-state index contributed by atoms with van der Waals surface area (Å²) in [5.41, 5.74) is 2.08. The van der Waals surface area contributed by atoms with Gasteiger partial charge in [-0.2, -0.15) is 8.78 Å². The van der Waals surface area contributed by atoms with E-state index in [4.69, 9.17) is 0 Å². The van der Waals surface area contributed by atoms with Crippen LogP contribution in [-0.4, -0.2) is 11.6 Å². The van der Waals surface area contributed by atoms with Crippen LogP contribution in [0.3, 0.4) is 0 Å². The largest absolute Gasteiger partial charge is 0.435 e. The molecule has 0 spiro atoms. The number of halogens is 2. The third-order valence-corrected chi connectivity index (χ3v) is 3.40. The second kappa shape index (κ2) is 4.96. The fourth-order valence-electron chi connectivity index (χ4n) is 2.03. The summed E-state index contributed by atoms with van der Waals surface area (Å²) in [5.74, 6) is 1.05. The predicted molar refractivity (Wildman–Crippen MR) is 68.2 cm³/mol. The summed E-state index contributed by atoms with van der Waals surface area (Å²) in [6.07, 6.45) is 1.95. The molecule has 1 N–H and O–H groups in total. The molecule has 0 amide bonds. The molecule has 1 atom stereocenters. The van der Waals surface area contributed by atoms with E-state index in [0.717, 1.165) is 16.5 Å². The maximum absolute atomic E-state index is 12.2. The van der Waals surface area contributed by atoms with Gasteiger partial charge >= 0.3 is 6.61 Å². The van der Waals surface area contributed by atoms with Gasteiger partial charge in [0.1, 0.15) is 5.75 Å². The van der Waals surface area contributed by atoms with E-state index in [2.05, 4.69) is 30.5 Å². The molecular weight excluding hydrogens is 236 g/mol. The number of H-pyrrole nitrogens is 1. The number of aromatic nitrogens is 1. The molecule has 4 heteroatoms. The zero-order chi connectivity index (χ0) is 13.3. The van der Waals surface area contributed by atoms with Gasteiger partial charge in [0.2, 0.25) is 0 Å². The Balaban J connectivity index is 2.43. The average molecular weight is 253 g/mol. The molecule has 2 nitrogen and oxygen atoms in total. The van der Waals surface area contributed by atoms with Crippen molar-refractivity contribution in [2.24, 2.45) is 5.92 Å². The number of ether oxygens (including phenoxy) is 1. The van der Waals surface area contributed by atoms with Crippen LogP contribution in [-0.2, 0) is 0 Å². The summed E-state index contributed by atoms with van der Waals surface area (Å²) in [7, 11) is 0. The first-order chi connectivity index (χ1) is 8.49. The number of aromatic amines is 1. The van der Waals surface area contributed by atoms with Crippen LogP contribution >= 0.6 is 0 Å². The first-order valence-electron chi connectivity index (χ1n) is 6.05. The Hall–Kier alpha value is -1.58. The lowest BCUT2D eigenvalue weighted by Gasteiger charge is -2.14. The van der Waals surface area contributed by atoms with Crippen molar-refractivity contribution in [2.75, 3.05) is 0 Å². The number of benzene rings is 1. The number of fused-ring (bicyclic) bond motifs is 1. The van der Waals surface area contributed by atoms with Crippen LogP contribution < -0.4 is 4.74 Å². The van der Waals surface area contributed by atoms with Gasteiger partial charge in [0, 0.05) is 17.1 Å². The van der Waals surface area contributed by atoms with Gasteiger partial charge in [0.15, 0.2) is 0 Å². The van der Waals surface area contributed by atoms with Crippen molar-refractivity contribution < 1.29 is 13.5 Å². The molecule has 0 aliphatic heterocycles. The number of nitrogens with one attached hydrogen (secondary N) is 1. The van der Waals surface area contributed by atoms with Crippen LogP contribution in [0.5, 0.6) is 5.75 Å². The van der Waals surface area contributed by atoms with Crippen LogP contribution in [0.1, 0.15) is 32.3 Å². The molecule has 0 radical (unpaired) electrons. The van der Waals surface area contributed by atoms with Gasteiger partial charge in [0.05, 0.1) is 0 Å². The zero-order valence-electron chi connectivity index (χ0n) is 10.7. The summed E-state index contributed by atoms with van der Waals surface area (Å²) >= 11 is 0. The summed E-state index contributed by atoms with van der Waals surface area (Å²) in [4.78, 5) is 3.16. The summed E-state index contributed by atoms with van der Waals surface area (Å²) in [6.45, 7) is 3.63. The fraction of sp³-hybridized carbons (Fsp3) is 0.429. The highest BCUT2D eigenvalue weighted by molar-refractivity contribution is 5.85. The standard InChI is InChI=1S/C14H17F2NO/c1-8(2)9(3)12-7-17-13-5-4-10(6-11(12)13)18-14(15)16/h4-9,14,17H,1-3H3. The van der Waals surface area contributed by atoms with Crippen molar-refractivity contribution in [3.05, 3.63) is 30.0 Å². The third kappa shape index (κ3) is 2.47. The molecule has 1 unspecified atom stereocenters. The molecule has 1 aromatic heterocycles. The molecule has 18 heavy (non-hydrogen) atoms. The van der Waals surface area contributed by atoms with Crippen LogP contribution in [0.15, 0.2) is 24.4 Å². The second-order valence-corrected chi connectivity index (χ2v) is 4.86. The van der Waals surface area contributed by atoms with Gasteiger partial charge in [-0.25, -0.2) is 0 Å². The van der Waals surface area contributed by atoms with E-state index >= 15 is 0 Å². The summed E-state index contributed by atoms with van der Waals surface area (Å²) in [6, 6.07) is 4.99. The molecule has 1 heterocycles. The van der Waals surface area contributed by atoms with E-state index in [0.29, 0.717) is 11.8 Å². The third-order valence-electron chi connectivity index (χ3n) is 3.40. The number of rotatable bonds is 4. The van der Waals surface area contributed by atoms with Gasteiger partial charge in [0.25, 0.3) is 0 Å². The quantitative estimate of drug-likeness (QED) is 0.850. The molecule has 0 aliphatic rings. The summed E-state index contributed by atoms with van der Waals surface area (Å²) < 4.78 is 28.8. The molecule has 0 saturated heterocycles. The van der Waals surface area contributed by atoms with Gasteiger partial charge in [-0.3, -0.25) is 0 Å². The highest BCUT2D eigenvalue weighted by Gasteiger charge is 2.15. The van der Waals surface area contributed by atoms with Crippen LogP contribution in [0.25, 0.3) is 10.9 Å². The molecule has 98 valence electrons. The highest BCUT2D eigenvalue weighted by Crippen LogP contribution is 2.32. The lowest BCUT2D eigenvalue weighted by atomic mass is 9.90. The number of hydrogen-bond acceptors (Lipinski definition) is 1. The molecule has 1 aromatic carbocycles. The minimum Gasteiger partial charge on any atom is -0.435 e. The predicted octanol–water partition coefficient (Wildman–Crippen LogP) is 4.53. The lowest BCUT2D eigenvalue weighted by molar-refractivity contribution is -0.0497. The first-order valence-corrected chi connectivity index (χ1v) is 6.05. The maximum Gasteiger partial charge on any atom is 0.387 e. The Bertz CT molecular complexity index is 534. The van der Waals surface area contributed by atoms with Gasteiger partial charge in [-0.05, 0) is 35.6 Å². The number of alkyl halides is 2. The zero-order valence-corrected chi connectivity index (χ0v) is 10.7. The maximum atomic E-state index is 12.2. The van der Waals surface area contributed by atoms with E-state index in [1.165, 1.54) is 0 Å². The Morgan fingerprint density at radius 3 is 2.50 bits per heavy atom. The molecule has 2 aromatic rings. The smallest absolute Gasteiger partial charge is 0.387 e. The van der Waals surface area contributed by atoms with Gasteiger partial charge < -0.3 is 9.72 Å². The molecular formula is C14H17F2NO. The summed E-state index contributed by atoms with van der Waals surface area (Å²) in [5, 5.41) is 0.953. The lowest BCUT2D eigenvalue weighted by Crippen LogP contribution is -2.02. The van der Waals surface area contributed by atoms with E-state index in [1.54, 1.807) is 18.2 Å². The van der Waals surface area contributed by atoms with Crippen molar-refractivity contribution in [1.82, 2.24) is 4.98 Å². The van der Waals surface area contributed by atoms with Gasteiger partial charge in [-0.15, -0.1) is 0 Å². The molecule has 0 aliphatic carbocycles. The van der Waals surface area contributed by atoms with Crippen LogP contribution in [0, 0.1) is 5.92 Å². The van der Waals surface area contributed by atoms with Crippen LogP contribution in [0.2, 0.25) is 0 Å². The SMILES string of the molecule is CC(C)C(C)c1c[nH]c2ccc(OC(F)F)cc12. The normalized spacial score (nSPS) is 13.5. The van der Waals surface area contributed by atoms with Crippen molar-refractivity contribution in [3.63, 3.8) is 0 Å². The molecule has 0 saturated carbocycles. The van der Waals surface area contributed by atoms with E-state index in [1.807, 2.05) is 6.20 Å². The van der Waals surface area contributed by atoms with Crippen molar-refractivity contribution in [3.8, 4) is 5.75 Å². The second-order valence-electron chi connectivity index (χ2n) is 4.86. The Morgan fingerprint density at radius 1 is 1.17 bits per heavy atom. The molecule has 2 rings (SSSR count). The van der Waals surface area contributed by atoms with E-state index in [9.17, 15) is 8.78 Å². The highest BCUT2D eigenvalue weighted by atomic mass is 19.3. The van der Waals surface area contributed by atoms with Gasteiger partial charge in [-0.1, -0.05) is 20.8 Å². The van der Waals surface area contributed by atoms with E-state index in [-0.39, 0.29) is 5.75 Å². The molecule has 0 bridgehead atoms. The first kappa shape index (κ1) is 12.9. The van der Waals surface area contributed by atoms with Crippen molar-refractivity contribution in [2.45, 2.75) is 33.3 Å². The average Bonchev–Trinajstić information content (AvgIpc) is 2.70. The minimum atomic E-state index is -2.78. The van der Waals surface area contributed by atoms with Crippen molar-refractivity contribution >= 4 is 10.9 Å².